The molecule has 0 bridgehead atoms. The van der Waals surface area contributed by atoms with Crippen LogP contribution in [0.4, 0.5) is 5.95 Å². The van der Waals surface area contributed by atoms with Gasteiger partial charge in [-0.15, -0.1) is 5.10 Å². The monoisotopic (exact) mass is 198 g/mol. The van der Waals surface area contributed by atoms with Crippen LogP contribution in [0, 0.1) is 4.77 Å². The van der Waals surface area contributed by atoms with Crippen LogP contribution in [0.1, 0.15) is 38.1 Å². The van der Waals surface area contributed by atoms with E-state index in [2.05, 4.69) is 10.2 Å². The van der Waals surface area contributed by atoms with Gasteiger partial charge >= 0.3 is 0 Å². The molecule has 1 saturated carbocycles. The summed E-state index contributed by atoms with van der Waals surface area (Å²) in [6.45, 7) is 0. The van der Waals surface area contributed by atoms with Crippen LogP contribution < -0.4 is 5.73 Å². The van der Waals surface area contributed by atoms with Crippen LogP contribution in [-0.4, -0.2) is 14.8 Å². The molecule has 13 heavy (non-hydrogen) atoms. The van der Waals surface area contributed by atoms with E-state index in [-0.39, 0.29) is 0 Å². The van der Waals surface area contributed by atoms with Gasteiger partial charge in [0.15, 0.2) is 4.77 Å². The van der Waals surface area contributed by atoms with E-state index in [4.69, 9.17) is 18.0 Å². The van der Waals surface area contributed by atoms with Crippen molar-refractivity contribution in [1.29, 1.82) is 0 Å². The molecule has 1 heterocycles. The molecule has 1 aliphatic carbocycles. The van der Waals surface area contributed by atoms with Gasteiger partial charge in [-0.25, -0.2) is 5.10 Å². The zero-order valence-corrected chi connectivity index (χ0v) is 8.31. The highest BCUT2D eigenvalue weighted by molar-refractivity contribution is 7.71. The van der Waals surface area contributed by atoms with Crippen molar-refractivity contribution in [3.63, 3.8) is 0 Å². The summed E-state index contributed by atoms with van der Waals surface area (Å²) in [6, 6.07) is 0.472. The van der Waals surface area contributed by atoms with Crippen LogP contribution >= 0.6 is 12.2 Å². The minimum absolute atomic E-state index is 0.472. The van der Waals surface area contributed by atoms with Crippen LogP contribution in [0.25, 0.3) is 0 Å². The lowest BCUT2D eigenvalue weighted by Crippen LogP contribution is -2.15. The van der Waals surface area contributed by atoms with Gasteiger partial charge in [0, 0.05) is 6.04 Å². The van der Waals surface area contributed by atoms with E-state index in [9.17, 15) is 0 Å². The van der Waals surface area contributed by atoms with Crippen LogP contribution in [0.5, 0.6) is 0 Å². The molecule has 4 nitrogen and oxygen atoms in total. The highest BCUT2D eigenvalue weighted by Crippen LogP contribution is 2.29. The van der Waals surface area contributed by atoms with Crippen molar-refractivity contribution in [2.75, 3.05) is 5.73 Å². The fourth-order valence-corrected chi connectivity index (χ4v) is 2.30. The Labute approximate surface area is 82.1 Å². The Morgan fingerprint density at radius 3 is 2.62 bits per heavy atom. The van der Waals surface area contributed by atoms with Gasteiger partial charge in [-0.1, -0.05) is 19.3 Å². The topological polar surface area (TPSA) is 59.6 Å². The zero-order valence-electron chi connectivity index (χ0n) is 7.49. The quantitative estimate of drug-likeness (QED) is 0.679. The van der Waals surface area contributed by atoms with Crippen molar-refractivity contribution in [2.45, 2.75) is 38.1 Å². The van der Waals surface area contributed by atoms with E-state index in [0.29, 0.717) is 16.8 Å². The Kier molecular flexibility index (Phi) is 2.35. The number of nitrogens with zero attached hydrogens (tertiary/aromatic N) is 2. The van der Waals surface area contributed by atoms with Gasteiger partial charge in [0.1, 0.15) is 0 Å². The lowest BCUT2D eigenvalue weighted by Gasteiger charge is -2.22. The lowest BCUT2D eigenvalue weighted by molar-refractivity contribution is 0.353. The number of nitrogens with two attached hydrogens (primary N) is 1. The first kappa shape index (κ1) is 8.74. The standard InChI is InChI=1S/C8H14N4S/c9-7-10-11-8(13)12(7)6-4-2-1-3-5-6/h6H,1-5H2,(H2,9,10)(H,11,13). The van der Waals surface area contributed by atoms with E-state index < -0.39 is 0 Å². The first-order valence-corrected chi connectivity index (χ1v) is 5.12. The summed E-state index contributed by atoms with van der Waals surface area (Å²) in [4.78, 5) is 0. The molecular weight excluding hydrogens is 184 g/mol. The van der Waals surface area contributed by atoms with Crippen molar-refractivity contribution in [3.05, 3.63) is 4.77 Å². The molecule has 0 saturated heterocycles. The number of nitrogen functional groups attached to an aromatic ring is 1. The molecule has 2 rings (SSSR count). The summed E-state index contributed by atoms with van der Waals surface area (Å²) in [7, 11) is 0. The van der Waals surface area contributed by atoms with Gasteiger partial charge in [0.25, 0.3) is 0 Å². The number of anilines is 1. The number of hydrogen-bond donors (Lipinski definition) is 2. The molecule has 0 aromatic carbocycles. The molecule has 1 aliphatic rings. The lowest BCUT2D eigenvalue weighted by atomic mass is 9.95. The van der Waals surface area contributed by atoms with Gasteiger partial charge in [-0.05, 0) is 25.1 Å². The van der Waals surface area contributed by atoms with Crippen LogP contribution in [0.3, 0.4) is 0 Å². The molecule has 0 atom stereocenters. The Morgan fingerprint density at radius 2 is 2.08 bits per heavy atom. The molecule has 1 fully saturated rings. The first-order valence-electron chi connectivity index (χ1n) is 4.71. The van der Waals surface area contributed by atoms with E-state index >= 15 is 0 Å². The van der Waals surface area contributed by atoms with Gasteiger partial charge < -0.3 is 5.73 Å². The second-order valence-corrected chi connectivity index (χ2v) is 3.94. The fourth-order valence-electron chi connectivity index (χ4n) is 2.01. The van der Waals surface area contributed by atoms with Crippen LogP contribution in [0.15, 0.2) is 0 Å². The largest absolute Gasteiger partial charge is 0.368 e. The highest BCUT2D eigenvalue weighted by Gasteiger charge is 2.18. The molecular formula is C8H14N4S. The molecule has 72 valence electrons. The van der Waals surface area contributed by atoms with E-state index in [0.717, 1.165) is 0 Å². The Balaban J connectivity index is 2.27. The Hall–Kier alpha value is -0.840. The number of hydrogen-bond acceptors (Lipinski definition) is 3. The second-order valence-electron chi connectivity index (χ2n) is 3.55. The number of aromatic amines is 1. The maximum Gasteiger partial charge on any atom is 0.220 e. The summed E-state index contributed by atoms with van der Waals surface area (Å²) in [6.07, 6.45) is 6.24. The van der Waals surface area contributed by atoms with E-state index in [1.54, 1.807) is 0 Å². The van der Waals surface area contributed by atoms with Gasteiger partial charge in [0.2, 0.25) is 5.95 Å². The van der Waals surface area contributed by atoms with E-state index in [1.807, 2.05) is 4.57 Å². The molecule has 3 N–H and O–H groups in total. The SMILES string of the molecule is Nc1n[nH]c(=S)n1C1CCCCC1. The van der Waals surface area contributed by atoms with Crippen molar-refractivity contribution >= 4 is 18.2 Å². The molecule has 1 aromatic heterocycles. The third kappa shape index (κ3) is 1.60. The fraction of sp³-hybridized carbons (Fsp3) is 0.750. The molecule has 0 spiro atoms. The highest BCUT2D eigenvalue weighted by atomic mass is 32.1. The average molecular weight is 198 g/mol. The number of nitrogens with one attached hydrogen (secondary N) is 1. The van der Waals surface area contributed by atoms with Crippen molar-refractivity contribution < 1.29 is 0 Å². The molecule has 0 amide bonds. The average Bonchev–Trinajstić information content (AvgIpc) is 2.48. The number of H-pyrrole nitrogens is 1. The van der Waals surface area contributed by atoms with Crippen molar-refractivity contribution in [3.8, 4) is 0 Å². The molecule has 5 heteroatoms. The molecule has 1 aromatic rings. The Bertz CT molecular complexity index is 334. The Morgan fingerprint density at radius 1 is 1.38 bits per heavy atom. The summed E-state index contributed by atoms with van der Waals surface area (Å²) in [5.41, 5.74) is 5.73. The first-order chi connectivity index (χ1) is 6.29. The molecule has 0 radical (unpaired) electrons. The van der Waals surface area contributed by atoms with E-state index in [1.165, 1.54) is 32.1 Å². The summed E-state index contributed by atoms with van der Waals surface area (Å²) in [5.74, 6) is 0.525. The number of rotatable bonds is 1. The summed E-state index contributed by atoms with van der Waals surface area (Å²) < 4.78 is 2.61. The minimum atomic E-state index is 0.472. The van der Waals surface area contributed by atoms with Crippen LogP contribution in [0.2, 0.25) is 0 Å². The third-order valence-electron chi connectivity index (χ3n) is 2.67. The number of aromatic nitrogens is 3. The predicted molar refractivity (Wildman–Crippen MR) is 53.9 cm³/mol. The smallest absolute Gasteiger partial charge is 0.220 e. The summed E-state index contributed by atoms with van der Waals surface area (Å²) >= 11 is 5.12. The van der Waals surface area contributed by atoms with Gasteiger partial charge in [-0.2, -0.15) is 0 Å². The molecule has 0 unspecified atom stereocenters. The third-order valence-corrected chi connectivity index (χ3v) is 2.96. The zero-order chi connectivity index (χ0) is 9.26. The van der Waals surface area contributed by atoms with Crippen molar-refractivity contribution in [1.82, 2.24) is 14.8 Å². The van der Waals surface area contributed by atoms with Gasteiger partial charge in [0.05, 0.1) is 0 Å². The second kappa shape index (κ2) is 3.49. The summed E-state index contributed by atoms with van der Waals surface area (Å²) in [5, 5.41) is 6.64. The predicted octanol–water partition coefficient (Wildman–Crippen LogP) is 2.03. The van der Waals surface area contributed by atoms with Gasteiger partial charge in [-0.3, -0.25) is 4.57 Å². The van der Waals surface area contributed by atoms with Crippen molar-refractivity contribution in [2.24, 2.45) is 0 Å². The molecule has 0 aliphatic heterocycles. The minimum Gasteiger partial charge on any atom is -0.368 e. The van der Waals surface area contributed by atoms with Crippen LogP contribution in [-0.2, 0) is 0 Å². The maximum absolute atomic E-state index is 5.73. The normalized spacial score (nSPS) is 19.1. The maximum atomic E-state index is 5.73.